The number of likely N-dealkylation sites (N-methyl/N-ethyl adjacent to an activating group) is 1. The van der Waals surface area contributed by atoms with Crippen molar-refractivity contribution in [3.8, 4) is 0 Å². The molecule has 0 aromatic heterocycles. The van der Waals surface area contributed by atoms with Crippen LogP contribution in [0.2, 0.25) is 0 Å². The molecule has 0 amide bonds. The molecule has 3 unspecified atom stereocenters. The molecule has 0 spiro atoms. The van der Waals surface area contributed by atoms with Gasteiger partial charge in [-0.1, -0.05) is 27.7 Å². The van der Waals surface area contributed by atoms with Gasteiger partial charge in [-0.15, -0.1) is 0 Å². The number of piperidine rings is 1. The van der Waals surface area contributed by atoms with E-state index in [1.165, 1.54) is 19.5 Å². The molecule has 2 rings (SSSR count). The van der Waals surface area contributed by atoms with Gasteiger partial charge in [-0.2, -0.15) is 0 Å². The second-order valence-corrected chi connectivity index (χ2v) is 3.87. The zero-order valence-corrected chi connectivity index (χ0v) is 10.8. The Morgan fingerprint density at radius 1 is 1.07 bits per heavy atom. The summed E-state index contributed by atoms with van der Waals surface area (Å²) in [7, 11) is 2.22. The van der Waals surface area contributed by atoms with Crippen molar-refractivity contribution in [2.45, 2.75) is 53.1 Å². The van der Waals surface area contributed by atoms with E-state index in [1.807, 2.05) is 27.7 Å². The summed E-state index contributed by atoms with van der Waals surface area (Å²) in [5.41, 5.74) is 0. The van der Waals surface area contributed by atoms with E-state index >= 15 is 0 Å². The van der Waals surface area contributed by atoms with Crippen LogP contribution in [0.5, 0.6) is 0 Å². The molecule has 2 saturated heterocycles. The Kier molecular flexibility index (Phi) is 7.20. The van der Waals surface area contributed by atoms with Crippen molar-refractivity contribution in [2.75, 3.05) is 20.1 Å². The highest BCUT2D eigenvalue weighted by atomic mass is 15.2. The second kappa shape index (κ2) is 7.24. The van der Waals surface area contributed by atoms with Crippen LogP contribution in [0.4, 0.5) is 0 Å². The van der Waals surface area contributed by atoms with Gasteiger partial charge in [-0.3, -0.25) is 0 Å². The fourth-order valence-corrected chi connectivity index (χ4v) is 2.36. The molecule has 2 nitrogen and oxygen atoms in total. The van der Waals surface area contributed by atoms with E-state index in [1.54, 1.807) is 0 Å². The molecule has 3 atom stereocenters. The molecule has 2 bridgehead atoms. The molecular weight excluding hydrogens is 172 g/mol. The highest BCUT2D eigenvalue weighted by molar-refractivity contribution is 4.94. The van der Waals surface area contributed by atoms with Gasteiger partial charge in [0.2, 0.25) is 0 Å². The van der Waals surface area contributed by atoms with Crippen molar-refractivity contribution in [1.29, 1.82) is 0 Å². The monoisotopic (exact) mass is 200 g/mol. The third-order valence-corrected chi connectivity index (χ3v) is 2.87. The third kappa shape index (κ3) is 3.58. The van der Waals surface area contributed by atoms with Gasteiger partial charge in [0.25, 0.3) is 0 Å². The lowest BCUT2D eigenvalue weighted by Gasteiger charge is -2.27. The molecule has 0 aromatic carbocycles. The van der Waals surface area contributed by atoms with E-state index < -0.39 is 0 Å². The van der Waals surface area contributed by atoms with Crippen LogP contribution in [-0.4, -0.2) is 37.1 Å². The summed E-state index contributed by atoms with van der Waals surface area (Å²) < 4.78 is 0. The predicted molar refractivity (Wildman–Crippen MR) is 64.7 cm³/mol. The highest BCUT2D eigenvalue weighted by Gasteiger charge is 2.35. The van der Waals surface area contributed by atoms with Crippen LogP contribution in [-0.2, 0) is 0 Å². The molecule has 2 fully saturated rings. The first-order chi connectivity index (χ1) is 6.75. The first kappa shape index (κ1) is 13.9. The minimum Gasteiger partial charge on any atom is -0.310 e. The lowest BCUT2D eigenvalue weighted by Crippen LogP contribution is -2.38. The van der Waals surface area contributed by atoms with Crippen LogP contribution < -0.4 is 5.32 Å². The van der Waals surface area contributed by atoms with E-state index in [0.29, 0.717) is 0 Å². The fraction of sp³-hybridized carbons (Fsp3) is 1.00. The zero-order valence-electron chi connectivity index (χ0n) is 10.8. The lowest BCUT2D eigenvalue weighted by molar-refractivity contribution is 0.226. The predicted octanol–water partition coefficient (Wildman–Crippen LogP) is 2.35. The van der Waals surface area contributed by atoms with Gasteiger partial charge in [0.05, 0.1) is 0 Å². The number of nitrogens with one attached hydrogen (secondary N) is 1. The zero-order chi connectivity index (χ0) is 11.1. The Hall–Kier alpha value is -0.0800. The SMILES string of the molecule is CC.CC.CC1NC2CC1CN(C)C2. The van der Waals surface area contributed by atoms with Crippen LogP contribution in [0.25, 0.3) is 0 Å². The number of fused-ring (bicyclic) bond motifs is 2. The van der Waals surface area contributed by atoms with E-state index in [2.05, 4.69) is 24.2 Å². The van der Waals surface area contributed by atoms with Crippen molar-refractivity contribution < 1.29 is 0 Å². The van der Waals surface area contributed by atoms with Crippen LogP contribution in [0.3, 0.4) is 0 Å². The van der Waals surface area contributed by atoms with Crippen LogP contribution in [0, 0.1) is 5.92 Å². The smallest absolute Gasteiger partial charge is 0.0201 e. The largest absolute Gasteiger partial charge is 0.310 e. The summed E-state index contributed by atoms with van der Waals surface area (Å²) >= 11 is 0. The van der Waals surface area contributed by atoms with Gasteiger partial charge in [0.15, 0.2) is 0 Å². The van der Waals surface area contributed by atoms with Crippen LogP contribution in [0.15, 0.2) is 0 Å². The average molecular weight is 200 g/mol. The second-order valence-electron chi connectivity index (χ2n) is 3.87. The van der Waals surface area contributed by atoms with Gasteiger partial charge < -0.3 is 10.2 Å². The molecule has 86 valence electrons. The Morgan fingerprint density at radius 3 is 2.14 bits per heavy atom. The number of nitrogens with zero attached hydrogens (tertiary/aromatic N) is 1. The number of hydrogen-bond donors (Lipinski definition) is 1. The summed E-state index contributed by atoms with van der Waals surface area (Å²) in [6, 6.07) is 1.55. The highest BCUT2D eigenvalue weighted by Crippen LogP contribution is 2.25. The van der Waals surface area contributed by atoms with E-state index in [4.69, 9.17) is 0 Å². The van der Waals surface area contributed by atoms with Crippen LogP contribution >= 0.6 is 0 Å². The van der Waals surface area contributed by atoms with Crippen molar-refractivity contribution in [3.05, 3.63) is 0 Å². The van der Waals surface area contributed by atoms with E-state index in [-0.39, 0.29) is 0 Å². The van der Waals surface area contributed by atoms with Crippen molar-refractivity contribution in [3.63, 3.8) is 0 Å². The molecule has 1 N–H and O–H groups in total. The molecule has 0 saturated carbocycles. The maximum absolute atomic E-state index is 3.60. The molecule has 2 aliphatic heterocycles. The summed E-state index contributed by atoms with van der Waals surface area (Å²) in [4.78, 5) is 2.44. The molecule has 14 heavy (non-hydrogen) atoms. The number of hydrogen-bond acceptors (Lipinski definition) is 2. The van der Waals surface area contributed by atoms with Gasteiger partial charge in [0, 0.05) is 25.2 Å². The maximum Gasteiger partial charge on any atom is 0.0201 e. The Morgan fingerprint density at radius 2 is 1.64 bits per heavy atom. The van der Waals surface area contributed by atoms with Crippen molar-refractivity contribution in [2.24, 2.45) is 5.92 Å². The first-order valence-corrected chi connectivity index (χ1v) is 6.20. The maximum atomic E-state index is 3.60. The minimum atomic E-state index is 0.759. The van der Waals surface area contributed by atoms with Crippen molar-refractivity contribution in [1.82, 2.24) is 10.2 Å². The molecule has 0 aliphatic carbocycles. The summed E-state index contributed by atoms with van der Waals surface area (Å²) in [6.45, 7) is 12.9. The third-order valence-electron chi connectivity index (χ3n) is 2.87. The van der Waals surface area contributed by atoms with Gasteiger partial charge in [-0.05, 0) is 26.3 Å². The molecule has 2 heteroatoms. The number of rotatable bonds is 0. The van der Waals surface area contributed by atoms with E-state index in [9.17, 15) is 0 Å². The van der Waals surface area contributed by atoms with Gasteiger partial charge in [0.1, 0.15) is 0 Å². The molecule has 0 radical (unpaired) electrons. The van der Waals surface area contributed by atoms with Gasteiger partial charge in [-0.25, -0.2) is 0 Å². The fourth-order valence-electron chi connectivity index (χ4n) is 2.36. The molecular formula is C12H28N2. The van der Waals surface area contributed by atoms with E-state index in [0.717, 1.165) is 18.0 Å². The molecule has 2 aliphatic rings. The molecule has 0 aromatic rings. The topological polar surface area (TPSA) is 15.3 Å². The summed E-state index contributed by atoms with van der Waals surface area (Å²) in [5.74, 6) is 0.920. The average Bonchev–Trinajstić information content (AvgIpc) is 2.47. The van der Waals surface area contributed by atoms with Crippen LogP contribution in [0.1, 0.15) is 41.0 Å². The number of likely N-dealkylation sites (tertiary alicyclic amines) is 1. The Balaban J connectivity index is 0.000000379. The molecule has 2 heterocycles. The lowest BCUT2D eigenvalue weighted by atomic mass is 9.96. The quantitative estimate of drug-likeness (QED) is 0.646. The standard InChI is InChI=1S/C8H16N2.2C2H6/c1-6-7-3-8(9-6)5-10(2)4-7;2*1-2/h6-9H,3-5H2,1-2H3;2*1-2H3. The first-order valence-electron chi connectivity index (χ1n) is 6.20. The van der Waals surface area contributed by atoms with Crippen molar-refractivity contribution >= 4 is 0 Å². The Labute approximate surface area is 90.1 Å². The minimum absolute atomic E-state index is 0.759. The Bertz CT molecular complexity index is 132. The normalized spacial score (nSPS) is 35.1. The summed E-state index contributed by atoms with van der Waals surface area (Å²) in [5, 5.41) is 3.60. The van der Waals surface area contributed by atoms with Gasteiger partial charge >= 0.3 is 0 Å². The summed E-state index contributed by atoms with van der Waals surface area (Å²) in [6.07, 6.45) is 1.41.